The second-order valence-corrected chi connectivity index (χ2v) is 20.8. The molecule has 0 unspecified atom stereocenters. The van der Waals surface area contributed by atoms with E-state index < -0.39 is 0 Å². The van der Waals surface area contributed by atoms with Crippen molar-refractivity contribution in [3.8, 4) is 139 Å². The minimum atomic E-state index is 0.310. The number of hydrogen-bond donors (Lipinski definition) is 0. The third kappa shape index (κ3) is 9.12. The zero-order chi connectivity index (χ0) is 60.7. The monoisotopic (exact) mass is 1120 g/mol. The molecule has 398 valence electrons. The fraction of sp³-hybridized carbons (Fsp3) is 0. The van der Waals surface area contributed by atoms with Gasteiger partial charge in [-0.15, -0.1) is 0 Å². The number of pyridine rings is 1. The van der Waals surface area contributed by atoms with E-state index in [1.807, 2.05) is 109 Å². The van der Waals surface area contributed by atoms with Crippen LogP contribution in [-0.4, -0.2) is 14.1 Å². The number of fused-ring (bicyclic) bond motifs is 6. The zero-order valence-electron chi connectivity index (χ0n) is 45.9. The Labute approximate surface area is 502 Å². The molecule has 0 atom stereocenters. The Hall–Kier alpha value is -14.2. The van der Waals surface area contributed by atoms with Gasteiger partial charge in [0.2, 0.25) is 0 Å². The van der Waals surface area contributed by atoms with Crippen LogP contribution in [0.5, 0.6) is 0 Å². The lowest BCUT2D eigenvalue weighted by Crippen LogP contribution is -2.05. The van der Waals surface area contributed by atoms with Crippen molar-refractivity contribution in [3.05, 3.63) is 256 Å². The summed E-state index contributed by atoms with van der Waals surface area (Å²) in [6.07, 6.45) is 3.35. The number of nitrogens with zero attached hydrogens (tertiary/aromatic N) is 13. The molecule has 3 heterocycles. The number of aromatic nitrogens is 3. The molecule has 88 heavy (non-hydrogen) atoms. The van der Waals surface area contributed by atoms with Gasteiger partial charge in [-0.1, -0.05) is 24.3 Å². The molecular weight excluding hydrogens is 1080 g/mol. The normalized spacial score (nSPS) is 10.6. The summed E-state index contributed by atoms with van der Waals surface area (Å²) in [6.45, 7) is 0. The molecule has 0 amide bonds. The SMILES string of the molecule is N#Cc1cc(C#N)cc(-c2ccc3c(c2)c2cc(-c4cc(C#N)cc(C#N)c4)ccc2n3-c2ccc(C#N)cc2-c2cc(C#N)cc(-c3ccncc3)c2-n2c3ccc(-c4cc(C#N)cc(C#N)c4)cc3c3cc(-c4cc(C#N)cc(C#N)c4)ccc32)c1. The van der Waals surface area contributed by atoms with Crippen molar-refractivity contribution < 1.29 is 0 Å². The van der Waals surface area contributed by atoms with Gasteiger partial charge < -0.3 is 9.13 Å². The van der Waals surface area contributed by atoms with Crippen molar-refractivity contribution in [2.75, 3.05) is 0 Å². The maximum atomic E-state index is 11.1. The third-order valence-corrected chi connectivity index (χ3v) is 15.7. The summed E-state index contributed by atoms with van der Waals surface area (Å²) in [5.41, 5.74) is 15.2. The molecule has 0 N–H and O–H groups in total. The van der Waals surface area contributed by atoms with Gasteiger partial charge in [0.05, 0.1) is 150 Å². The second-order valence-electron chi connectivity index (χ2n) is 20.8. The van der Waals surface area contributed by atoms with Crippen molar-refractivity contribution in [1.29, 1.82) is 52.6 Å². The smallest absolute Gasteiger partial charge is 0.0992 e. The Morgan fingerprint density at radius 2 is 0.523 bits per heavy atom. The zero-order valence-corrected chi connectivity index (χ0v) is 45.9. The van der Waals surface area contributed by atoms with Crippen LogP contribution in [0.1, 0.15) is 55.6 Å². The number of hydrogen-bond acceptors (Lipinski definition) is 11. The minimum Gasteiger partial charge on any atom is -0.309 e. The fourth-order valence-electron chi connectivity index (χ4n) is 11.9. The molecule has 13 aromatic rings. The highest BCUT2D eigenvalue weighted by atomic mass is 15.0. The second kappa shape index (κ2) is 21.6. The molecule has 0 saturated carbocycles. The predicted octanol–water partition coefficient (Wildman–Crippen LogP) is 16.0. The first-order valence-corrected chi connectivity index (χ1v) is 27.1. The lowest BCUT2D eigenvalue weighted by molar-refractivity contribution is 1.16. The minimum absolute atomic E-state index is 0.310. The van der Waals surface area contributed by atoms with Crippen LogP contribution in [0.3, 0.4) is 0 Å². The predicted molar refractivity (Wildman–Crippen MR) is 333 cm³/mol. The van der Waals surface area contributed by atoms with Crippen LogP contribution < -0.4 is 0 Å². The van der Waals surface area contributed by atoms with Gasteiger partial charge in [-0.25, -0.2) is 0 Å². The molecule has 3 aromatic heterocycles. The maximum Gasteiger partial charge on any atom is 0.0992 e. The lowest BCUT2D eigenvalue weighted by atomic mass is 9.91. The van der Waals surface area contributed by atoms with Crippen molar-refractivity contribution in [3.63, 3.8) is 0 Å². The first kappa shape index (κ1) is 53.2. The first-order chi connectivity index (χ1) is 43.1. The summed E-state index contributed by atoms with van der Waals surface area (Å²) in [6, 6.07) is 78.7. The molecule has 10 aromatic carbocycles. The molecule has 0 bridgehead atoms. The molecule has 0 fully saturated rings. The first-order valence-electron chi connectivity index (χ1n) is 27.1. The van der Waals surface area contributed by atoms with E-state index >= 15 is 0 Å². The Morgan fingerprint density at radius 3 is 0.852 bits per heavy atom. The molecule has 0 aliphatic heterocycles. The highest BCUT2D eigenvalue weighted by molar-refractivity contribution is 6.15. The molecule has 0 aliphatic rings. The van der Waals surface area contributed by atoms with Crippen LogP contribution in [0.15, 0.2) is 200 Å². The topological polar surface area (TPSA) is 261 Å². The summed E-state index contributed by atoms with van der Waals surface area (Å²) in [5.74, 6) is 0. The van der Waals surface area contributed by atoms with Gasteiger partial charge in [0, 0.05) is 50.6 Å². The van der Waals surface area contributed by atoms with E-state index in [4.69, 9.17) is 0 Å². The number of nitriles is 10. The quantitative estimate of drug-likeness (QED) is 0.138. The van der Waals surface area contributed by atoms with Crippen LogP contribution in [0, 0.1) is 113 Å². The molecule has 0 saturated heterocycles. The molecule has 0 radical (unpaired) electrons. The van der Waals surface area contributed by atoms with Crippen molar-refractivity contribution >= 4 is 43.6 Å². The fourth-order valence-corrected chi connectivity index (χ4v) is 11.9. The van der Waals surface area contributed by atoms with Crippen molar-refractivity contribution in [2.45, 2.75) is 0 Å². The summed E-state index contributed by atoms with van der Waals surface area (Å²) in [4.78, 5) is 4.38. The Bertz CT molecular complexity index is 5320. The van der Waals surface area contributed by atoms with E-state index in [0.29, 0.717) is 128 Å². The summed E-state index contributed by atoms with van der Waals surface area (Å²) >= 11 is 0. The third-order valence-electron chi connectivity index (χ3n) is 15.7. The van der Waals surface area contributed by atoms with Crippen molar-refractivity contribution in [2.24, 2.45) is 0 Å². The van der Waals surface area contributed by atoms with Gasteiger partial charge in [-0.2, -0.15) is 52.6 Å². The largest absolute Gasteiger partial charge is 0.309 e. The van der Waals surface area contributed by atoms with E-state index in [2.05, 4.69) is 74.8 Å². The van der Waals surface area contributed by atoms with Gasteiger partial charge in [0.15, 0.2) is 0 Å². The Morgan fingerprint density at radius 1 is 0.227 bits per heavy atom. The molecular formula is C75H33N13. The van der Waals surface area contributed by atoms with Crippen LogP contribution in [0.2, 0.25) is 0 Å². The Kier molecular flexibility index (Phi) is 13.1. The van der Waals surface area contributed by atoms with Crippen molar-refractivity contribution in [1.82, 2.24) is 14.1 Å². The number of rotatable bonds is 8. The molecule has 0 aliphatic carbocycles. The van der Waals surface area contributed by atoms with Crippen LogP contribution >= 0.6 is 0 Å². The Balaban J connectivity index is 1.15. The average Bonchev–Trinajstić information content (AvgIpc) is 1.90. The molecule has 13 heteroatoms. The van der Waals surface area contributed by atoms with Gasteiger partial charge in [0.25, 0.3) is 0 Å². The van der Waals surface area contributed by atoms with Gasteiger partial charge in [-0.3, -0.25) is 4.98 Å². The number of benzene rings is 10. The van der Waals surface area contributed by atoms with E-state index in [1.165, 1.54) is 24.3 Å². The van der Waals surface area contributed by atoms with Crippen LogP contribution in [0.4, 0.5) is 0 Å². The van der Waals surface area contributed by atoms with Gasteiger partial charge >= 0.3 is 0 Å². The highest BCUT2D eigenvalue weighted by Gasteiger charge is 2.26. The highest BCUT2D eigenvalue weighted by Crippen LogP contribution is 2.47. The van der Waals surface area contributed by atoms with E-state index in [1.54, 1.807) is 67.0 Å². The van der Waals surface area contributed by atoms with Gasteiger partial charge in [0.1, 0.15) is 0 Å². The van der Waals surface area contributed by atoms with Crippen LogP contribution in [-0.2, 0) is 0 Å². The molecule has 13 nitrogen and oxygen atoms in total. The van der Waals surface area contributed by atoms with Crippen LogP contribution in [0.25, 0.3) is 122 Å². The maximum absolute atomic E-state index is 11.1. The lowest BCUT2D eigenvalue weighted by Gasteiger charge is -2.22. The average molecular weight is 1120 g/mol. The standard InChI is InChI=1S/C75H33N13/c76-34-44-1-6-70(87-71-7-2-55(59-19-45(35-77)15-46(20-59)36-78)30-65(71)66-31-56(3-8-72(66)87)60-21-47(37-79)16-48(22-60)38-80)64(27-44)69-29-53(43-85)28-63(54-11-13-86-14-12-54)75(69)88-73-9-4-57(61-23-49(39-81)17-50(24-61)40-82)32-67(73)68-33-58(5-10-74(68)88)62-25-51(41-83)18-52(26-62)42-84/h1-33H. The summed E-state index contributed by atoms with van der Waals surface area (Å²) in [5, 5.41) is 105. The molecule has 13 rings (SSSR count). The van der Waals surface area contributed by atoms with E-state index in [0.717, 1.165) is 49.3 Å². The van der Waals surface area contributed by atoms with Gasteiger partial charge in [-0.05, 0) is 214 Å². The van der Waals surface area contributed by atoms with E-state index in [-0.39, 0.29) is 0 Å². The van der Waals surface area contributed by atoms with E-state index in [9.17, 15) is 52.6 Å². The molecule has 0 spiro atoms. The summed E-state index contributed by atoms with van der Waals surface area (Å²) in [7, 11) is 0. The summed E-state index contributed by atoms with van der Waals surface area (Å²) < 4.78 is 4.23.